The van der Waals surface area contributed by atoms with Gasteiger partial charge in [0.15, 0.2) is 0 Å². The summed E-state index contributed by atoms with van der Waals surface area (Å²) in [7, 11) is 0. The van der Waals surface area contributed by atoms with Crippen LogP contribution in [0.25, 0.3) is 0 Å². The topological polar surface area (TPSA) is 48.0 Å². The van der Waals surface area contributed by atoms with Crippen LogP contribution in [0, 0.1) is 5.82 Å². The number of nitrogens with zero attached hydrogens (tertiary/aromatic N) is 1. The molecular weight excluding hydrogens is 287 g/mol. The summed E-state index contributed by atoms with van der Waals surface area (Å²) >= 11 is 4.89. The summed E-state index contributed by atoms with van der Waals surface area (Å²) < 4.78 is 15.4. The predicted octanol–water partition coefficient (Wildman–Crippen LogP) is 2.16. The summed E-state index contributed by atoms with van der Waals surface area (Å²) in [6, 6.07) is 7.95. The highest BCUT2D eigenvalue weighted by atomic mass is 32.1. The largest absolute Gasteiger partial charge is 0.389 e. The first-order chi connectivity index (χ1) is 10.0. The Kier molecular flexibility index (Phi) is 3.59. The van der Waals surface area contributed by atoms with Crippen molar-refractivity contribution in [1.29, 1.82) is 0 Å². The third-order valence-electron chi connectivity index (χ3n) is 3.83. The SMILES string of the molecule is NC(=S)c1cc(F)cc(Cn2c3c(ccc2=O)CCC3)c1. The molecule has 2 N–H and O–H groups in total. The molecule has 5 heteroatoms. The Balaban J connectivity index is 2.04. The van der Waals surface area contributed by atoms with E-state index in [-0.39, 0.29) is 10.5 Å². The van der Waals surface area contributed by atoms with Crippen molar-refractivity contribution >= 4 is 17.2 Å². The third-order valence-corrected chi connectivity index (χ3v) is 4.07. The van der Waals surface area contributed by atoms with E-state index in [9.17, 15) is 9.18 Å². The molecule has 0 saturated heterocycles. The lowest BCUT2D eigenvalue weighted by Crippen LogP contribution is -2.23. The van der Waals surface area contributed by atoms with Crippen LogP contribution < -0.4 is 11.3 Å². The zero-order chi connectivity index (χ0) is 15.0. The van der Waals surface area contributed by atoms with E-state index in [0.29, 0.717) is 17.7 Å². The van der Waals surface area contributed by atoms with E-state index in [2.05, 4.69) is 0 Å². The van der Waals surface area contributed by atoms with Crippen molar-refractivity contribution in [3.63, 3.8) is 0 Å². The summed E-state index contributed by atoms with van der Waals surface area (Å²) in [6.07, 6.45) is 2.94. The van der Waals surface area contributed by atoms with Crippen LogP contribution in [0.1, 0.15) is 28.8 Å². The van der Waals surface area contributed by atoms with E-state index < -0.39 is 5.82 Å². The maximum Gasteiger partial charge on any atom is 0.251 e. The quantitative estimate of drug-likeness (QED) is 0.884. The number of benzene rings is 1. The van der Waals surface area contributed by atoms with Crippen molar-refractivity contribution in [2.75, 3.05) is 0 Å². The Hall–Kier alpha value is -2.01. The number of fused-ring (bicyclic) bond motifs is 1. The van der Waals surface area contributed by atoms with Gasteiger partial charge >= 0.3 is 0 Å². The zero-order valence-corrected chi connectivity index (χ0v) is 12.3. The highest BCUT2D eigenvalue weighted by Crippen LogP contribution is 2.21. The van der Waals surface area contributed by atoms with E-state index in [0.717, 1.165) is 25.0 Å². The van der Waals surface area contributed by atoms with Gasteiger partial charge in [-0.3, -0.25) is 4.79 Å². The number of aryl methyl sites for hydroxylation is 1. The third kappa shape index (κ3) is 2.74. The summed E-state index contributed by atoms with van der Waals surface area (Å²) in [5, 5.41) is 0. The maximum atomic E-state index is 13.7. The normalized spacial score (nSPS) is 13.2. The Bertz CT molecular complexity index is 782. The van der Waals surface area contributed by atoms with Gasteiger partial charge in [-0.1, -0.05) is 18.3 Å². The standard InChI is InChI=1S/C16H15FN2OS/c17-13-7-10(6-12(8-13)16(18)21)9-19-14-3-1-2-11(14)4-5-15(19)20/h4-8H,1-3,9H2,(H2,18,21). The number of hydrogen-bond acceptors (Lipinski definition) is 2. The summed E-state index contributed by atoms with van der Waals surface area (Å²) in [4.78, 5) is 12.3. The van der Waals surface area contributed by atoms with Gasteiger partial charge in [-0.2, -0.15) is 0 Å². The molecule has 0 bridgehead atoms. The van der Waals surface area contributed by atoms with Gasteiger partial charge in [-0.15, -0.1) is 0 Å². The smallest absolute Gasteiger partial charge is 0.251 e. The van der Waals surface area contributed by atoms with Crippen LogP contribution in [0.15, 0.2) is 35.1 Å². The lowest BCUT2D eigenvalue weighted by molar-refractivity contribution is 0.621. The lowest BCUT2D eigenvalue weighted by atomic mass is 10.1. The van der Waals surface area contributed by atoms with Crippen LogP contribution in [0.2, 0.25) is 0 Å². The van der Waals surface area contributed by atoms with E-state index in [1.165, 1.54) is 17.7 Å². The van der Waals surface area contributed by atoms with Crippen molar-refractivity contribution < 1.29 is 4.39 Å². The van der Waals surface area contributed by atoms with Gasteiger partial charge in [0, 0.05) is 17.3 Å². The molecule has 1 aromatic carbocycles. The summed E-state index contributed by atoms with van der Waals surface area (Å²) in [5.74, 6) is -0.393. The molecule has 0 saturated carbocycles. The average molecular weight is 302 g/mol. The summed E-state index contributed by atoms with van der Waals surface area (Å²) in [6.45, 7) is 0.343. The maximum absolute atomic E-state index is 13.7. The van der Waals surface area contributed by atoms with Crippen LogP contribution in [-0.4, -0.2) is 9.56 Å². The molecule has 0 radical (unpaired) electrons. The molecule has 1 aliphatic rings. The van der Waals surface area contributed by atoms with E-state index in [1.54, 1.807) is 16.7 Å². The molecule has 0 unspecified atom stereocenters. The van der Waals surface area contributed by atoms with E-state index in [4.69, 9.17) is 18.0 Å². The highest BCUT2D eigenvalue weighted by Gasteiger charge is 2.16. The van der Waals surface area contributed by atoms with Crippen LogP contribution in [0.3, 0.4) is 0 Å². The zero-order valence-electron chi connectivity index (χ0n) is 11.4. The number of rotatable bonds is 3. The minimum absolute atomic E-state index is 0.0585. The molecule has 3 nitrogen and oxygen atoms in total. The van der Waals surface area contributed by atoms with Crippen molar-refractivity contribution in [1.82, 2.24) is 4.57 Å². The number of thiocarbonyl (C=S) groups is 1. The molecule has 0 fully saturated rings. The first-order valence-electron chi connectivity index (χ1n) is 6.85. The van der Waals surface area contributed by atoms with Gasteiger partial charge < -0.3 is 10.3 Å². The van der Waals surface area contributed by atoms with E-state index >= 15 is 0 Å². The number of nitrogens with two attached hydrogens (primary N) is 1. The second-order valence-corrected chi connectivity index (χ2v) is 5.74. The number of hydrogen-bond donors (Lipinski definition) is 1. The fourth-order valence-electron chi connectivity index (χ4n) is 2.87. The Morgan fingerprint density at radius 2 is 2.10 bits per heavy atom. The second kappa shape index (κ2) is 5.41. The molecule has 0 amide bonds. The molecule has 0 atom stereocenters. The monoisotopic (exact) mass is 302 g/mol. The average Bonchev–Trinajstić information content (AvgIpc) is 2.90. The fourth-order valence-corrected chi connectivity index (χ4v) is 2.99. The van der Waals surface area contributed by atoms with Crippen LogP contribution in [-0.2, 0) is 19.4 Å². The number of halogens is 1. The van der Waals surface area contributed by atoms with Crippen molar-refractivity contribution in [2.24, 2.45) is 5.73 Å². The van der Waals surface area contributed by atoms with Gasteiger partial charge in [0.1, 0.15) is 10.8 Å². The van der Waals surface area contributed by atoms with Gasteiger partial charge in [-0.25, -0.2) is 4.39 Å². The molecule has 0 aliphatic heterocycles. The molecule has 1 heterocycles. The number of pyridine rings is 1. The Labute approximate surface area is 127 Å². The van der Waals surface area contributed by atoms with Crippen molar-refractivity contribution in [3.05, 3.63) is 68.9 Å². The highest BCUT2D eigenvalue weighted by molar-refractivity contribution is 7.80. The first kappa shape index (κ1) is 13.9. The minimum atomic E-state index is -0.393. The molecule has 0 spiro atoms. The summed E-state index contributed by atoms with van der Waals surface area (Å²) in [5.41, 5.74) is 8.95. The molecule has 1 aromatic heterocycles. The minimum Gasteiger partial charge on any atom is -0.389 e. The Morgan fingerprint density at radius 3 is 2.86 bits per heavy atom. The fraction of sp³-hybridized carbons (Fsp3) is 0.250. The molecule has 3 rings (SSSR count). The van der Waals surface area contributed by atoms with Gasteiger partial charge in [0.25, 0.3) is 5.56 Å². The van der Waals surface area contributed by atoms with E-state index in [1.807, 2.05) is 6.07 Å². The van der Waals surface area contributed by atoms with Crippen LogP contribution >= 0.6 is 12.2 Å². The number of aromatic nitrogens is 1. The molecule has 108 valence electrons. The first-order valence-corrected chi connectivity index (χ1v) is 7.26. The van der Waals surface area contributed by atoms with Gasteiger partial charge in [-0.05, 0) is 48.6 Å². The lowest BCUT2D eigenvalue weighted by Gasteiger charge is -2.13. The molecule has 21 heavy (non-hydrogen) atoms. The van der Waals surface area contributed by atoms with Crippen LogP contribution in [0.4, 0.5) is 4.39 Å². The second-order valence-electron chi connectivity index (χ2n) is 5.30. The molecular formula is C16H15FN2OS. The van der Waals surface area contributed by atoms with Gasteiger partial charge in [0.2, 0.25) is 0 Å². The predicted molar refractivity (Wildman–Crippen MR) is 84.1 cm³/mol. The van der Waals surface area contributed by atoms with Gasteiger partial charge in [0.05, 0.1) is 6.54 Å². The molecule has 1 aliphatic carbocycles. The Morgan fingerprint density at radius 1 is 1.29 bits per heavy atom. The molecule has 2 aromatic rings. The van der Waals surface area contributed by atoms with Crippen LogP contribution in [0.5, 0.6) is 0 Å². The van der Waals surface area contributed by atoms with Crippen molar-refractivity contribution in [3.8, 4) is 0 Å². The van der Waals surface area contributed by atoms with Crippen molar-refractivity contribution in [2.45, 2.75) is 25.8 Å².